The second-order valence-corrected chi connectivity index (χ2v) is 6.15. The molecule has 24 heavy (non-hydrogen) atoms. The Morgan fingerprint density at radius 1 is 1.21 bits per heavy atom. The molecule has 3 rings (SSSR count). The summed E-state index contributed by atoms with van der Waals surface area (Å²) in [6, 6.07) is 3.78. The van der Waals surface area contributed by atoms with Gasteiger partial charge in [-0.1, -0.05) is 0 Å². The third-order valence-electron chi connectivity index (χ3n) is 3.99. The molecule has 1 amide bonds. The van der Waals surface area contributed by atoms with Crippen LogP contribution in [0.15, 0.2) is 30.9 Å². The Morgan fingerprint density at radius 2 is 2.04 bits per heavy atom. The number of carbonyl (C=O) groups excluding carboxylic acids is 1. The number of nitrogens with one attached hydrogen (secondary N) is 2. The molecule has 0 aliphatic rings. The van der Waals surface area contributed by atoms with Gasteiger partial charge in [0.05, 0.1) is 5.69 Å². The first-order chi connectivity index (χ1) is 11.6. The molecule has 0 aromatic carbocycles. The van der Waals surface area contributed by atoms with Crippen molar-refractivity contribution in [3.8, 4) is 11.3 Å². The maximum atomic E-state index is 12.5. The predicted octanol–water partition coefficient (Wildman–Crippen LogP) is 2.22. The highest BCUT2D eigenvalue weighted by Gasteiger charge is 2.16. The topological polar surface area (TPSA) is 80.9 Å². The van der Waals surface area contributed by atoms with Crippen LogP contribution in [-0.2, 0) is 0 Å². The van der Waals surface area contributed by atoms with Crippen molar-refractivity contribution in [2.75, 3.05) is 34.2 Å². The zero-order chi connectivity index (χ0) is 17.1. The molecular formula is C17H24N6O. The molecule has 2 N–H and O–H groups in total. The van der Waals surface area contributed by atoms with Gasteiger partial charge in [0.1, 0.15) is 17.7 Å². The van der Waals surface area contributed by atoms with E-state index in [4.69, 9.17) is 0 Å². The zero-order valence-corrected chi connectivity index (χ0v) is 14.2. The standard InChI is InChI=1S/C17H22N6O.H2/c1-22(2)7-4-8-23(3)17(24)14-9-12(10-19-14)15-13-5-6-18-16(13)21-11-20-15;/h5-6,9-11,19H,4,7-8H2,1-3H3,(H,18,20,21);1H. The van der Waals surface area contributed by atoms with E-state index in [1.807, 2.05) is 45.7 Å². The Bertz CT molecular complexity index is 840. The van der Waals surface area contributed by atoms with Gasteiger partial charge in [0.25, 0.3) is 5.91 Å². The van der Waals surface area contributed by atoms with Gasteiger partial charge in [-0.2, -0.15) is 0 Å². The summed E-state index contributed by atoms with van der Waals surface area (Å²) in [5.74, 6) is -0.0145. The molecule has 0 aliphatic heterocycles. The van der Waals surface area contributed by atoms with E-state index in [0.29, 0.717) is 5.69 Å². The van der Waals surface area contributed by atoms with Crippen LogP contribution in [0.1, 0.15) is 18.3 Å². The average molecular weight is 328 g/mol. The fourth-order valence-electron chi connectivity index (χ4n) is 2.69. The Hall–Kier alpha value is -2.67. The van der Waals surface area contributed by atoms with E-state index in [1.165, 1.54) is 6.33 Å². The number of aromatic amines is 2. The summed E-state index contributed by atoms with van der Waals surface area (Å²) in [6.07, 6.45) is 6.12. The molecule has 128 valence electrons. The van der Waals surface area contributed by atoms with Crippen LogP contribution in [0.25, 0.3) is 22.3 Å². The molecule has 0 spiro atoms. The van der Waals surface area contributed by atoms with Crippen molar-refractivity contribution in [1.29, 1.82) is 0 Å². The second kappa shape index (κ2) is 6.84. The molecule has 3 aromatic heterocycles. The van der Waals surface area contributed by atoms with Gasteiger partial charge in [0, 0.05) is 38.4 Å². The largest absolute Gasteiger partial charge is 0.357 e. The lowest BCUT2D eigenvalue weighted by Crippen LogP contribution is -2.29. The first-order valence-corrected chi connectivity index (χ1v) is 7.93. The highest BCUT2D eigenvalue weighted by atomic mass is 16.2. The third-order valence-corrected chi connectivity index (χ3v) is 3.99. The van der Waals surface area contributed by atoms with Crippen molar-refractivity contribution in [3.63, 3.8) is 0 Å². The zero-order valence-electron chi connectivity index (χ0n) is 14.2. The van der Waals surface area contributed by atoms with Crippen LogP contribution in [0.3, 0.4) is 0 Å². The highest BCUT2D eigenvalue weighted by Crippen LogP contribution is 2.25. The molecule has 7 heteroatoms. The number of amides is 1. The van der Waals surface area contributed by atoms with E-state index in [-0.39, 0.29) is 7.33 Å². The van der Waals surface area contributed by atoms with Crippen LogP contribution in [0, 0.1) is 0 Å². The lowest BCUT2D eigenvalue weighted by Gasteiger charge is -2.17. The van der Waals surface area contributed by atoms with Crippen LogP contribution in [0.2, 0.25) is 0 Å². The van der Waals surface area contributed by atoms with E-state index < -0.39 is 0 Å². The SMILES string of the molecule is CN(C)CCCN(C)C(=O)c1cc(-c2ncnc3[nH]ccc23)c[nH]1.[HH]. The minimum atomic E-state index is -0.0145. The summed E-state index contributed by atoms with van der Waals surface area (Å²) in [6.45, 7) is 1.68. The number of aromatic nitrogens is 4. The number of H-pyrrole nitrogens is 2. The van der Waals surface area contributed by atoms with Crippen molar-refractivity contribution in [2.24, 2.45) is 0 Å². The van der Waals surface area contributed by atoms with Gasteiger partial charge in [-0.15, -0.1) is 0 Å². The van der Waals surface area contributed by atoms with Gasteiger partial charge in [0.2, 0.25) is 0 Å². The Morgan fingerprint density at radius 3 is 2.83 bits per heavy atom. The summed E-state index contributed by atoms with van der Waals surface area (Å²) < 4.78 is 0. The molecule has 0 saturated heterocycles. The van der Waals surface area contributed by atoms with Crippen LogP contribution in [0.4, 0.5) is 0 Å². The van der Waals surface area contributed by atoms with E-state index in [9.17, 15) is 4.79 Å². The van der Waals surface area contributed by atoms with Gasteiger partial charge in [-0.3, -0.25) is 4.79 Å². The Kier molecular flexibility index (Phi) is 4.61. The summed E-state index contributed by atoms with van der Waals surface area (Å²) in [5.41, 5.74) is 3.05. The van der Waals surface area contributed by atoms with Crippen molar-refractivity contribution in [2.45, 2.75) is 6.42 Å². The molecule has 0 aliphatic carbocycles. The second-order valence-electron chi connectivity index (χ2n) is 6.15. The van der Waals surface area contributed by atoms with E-state index in [0.717, 1.165) is 41.8 Å². The fourth-order valence-corrected chi connectivity index (χ4v) is 2.69. The summed E-state index contributed by atoms with van der Waals surface area (Å²) in [5, 5.41) is 0.940. The molecule has 3 heterocycles. The molecule has 0 saturated carbocycles. The number of carbonyl (C=O) groups is 1. The van der Waals surface area contributed by atoms with E-state index >= 15 is 0 Å². The number of fused-ring (bicyclic) bond motifs is 1. The van der Waals surface area contributed by atoms with Gasteiger partial charge < -0.3 is 19.8 Å². The van der Waals surface area contributed by atoms with Crippen molar-refractivity contribution in [1.82, 2.24) is 29.7 Å². The van der Waals surface area contributed by atoms with Crippen molar-refractivity contribution in [3.05, 3.63) is 36.5 Å². The minimum absolute atomic E-state index is 0. The molecule has 0 fully saturated rings. The van der Waals surface area contributed by atoms with Gasteiger partial charge >= 0.3 is 0 Å². The first kappa shape index (κ1) is 16.2. The van der Waals surface area contributed by atoms with E-state index in [1.54, 1.807) is 4.90 Å². The lowest BCUT2D eigenvalue weighted by molar-refractivity contribution is 0.0785. The molecule has 7 nitrogen and oxygen atoms in total. The monoisotopic (exact) mass is 328 g/mol. The molecule has 0 radical (unpaired) electrons. The van der Waals surface area contributed by atoms with Crippen LogP contribution in [0.5, 0.6) is 0 Å². The molecular weight excluding hydrogens is 304 g/mol. The van der Waals surface area contributed by atoms with Gasteiger partial charge in [-0.25, -0.2) is 9.97 Å². The molecule has 3 aromatic rings. The van der Waals surface area contributed by atoms with Crippen LogP contribution >= 0.6 is 0 Å². The first-order valence-electron chi connectivity index (χ1n) is 7.93. The van der Waals surface area contributed by atoms with Crippen molar-refractivity contribution >= 4 is 16.9 Å². The number of hydrogen-bond acceptors (Lipinski definition) is 4. The van der Waals surface area contributed by atoms with E-state index in [2.05, 4.69) is 24.8 Å². The molecule has 0 unspecified atom stereocenters. The normalized spacial score (nSPS) is 11.3. The minimum Gasteiger partial charge on any atom is -0.357 e. The molecule has 0 atom stereocenters. The van der Waals surface area contributed by atoms with Crippen molar-refractivity contribution < 1.29 is 6.22 Å². The number of rotatable bonds is 6. The maximum absolute atomic E-state index is 12.5. The summed E-state index contributed by atoms with van der Waals surface area (Å²) in [7, 11) is 5.89. The highest BCUT2D eigenvalue weighted by molar-refractivity contribution is 5.96. The fraction of sp³-hybridized carbons (Fsp3) is 0.353. The Labute approximate surface area is 142 Å². The summed E-state index contributed by atoms with van der Waals surface area (Å²) >= 11 is 0. The predicted molar refractivity (Wildman–Crippen MR) is 95.9 cm³/mol. The van der Waals surface area contributed by atoms with Gasteiger partial charge in [0.15, 0.2) is 0 Å². The quantitative estimate of drug-likeness (QED) is 0.727. The maximum Gasteiger partial charge on any atom is 0.270 e. The molecule has 0 bridgehead atoms. The van der Waals surface area contributed by atoms with Crippen LogP contribution < -0.4 is 0 Å². The smallest absolute Gasteiger partial charge is 0.270 e. The van der Waals surface area contributed by atoms with Gasteiger partial charge in [-0.05, 0) is 39.2 Å². The number of nitrogens with zero attached hydrogens (tertiary/aromatic N) is 4. The summed E-state index contributed by atoms with van der Waals surface area (Å²) in [4.78, 5) is 31.1. The third kappa shape index (κ3) is 3.30. The Balaban J connectivity index is 0.00000225. The van der Waals surface area contributed by atoms with Crippen LogP contribution in [-0.4, -0.2) is 69.9 Å². The number of hydrogen-bond donors (Lipinski definition) is 2. The lowest BCUT2D eigenvalue weighted by atomic mass is 10.1. The average Bonchev–Trinajstić information content (AvgIpc) is 3.22.